The second kappa shape index (κ2) is 13.2. The van der Waals surface area contributed by atoms with Gasteiger partial charge in [-0.25, -0.2) is 8.42 Å². The van der Waals surface area contributed by atoms with Crippen molar-refractivity contribution in [2.24, 2.45) is 5.92 Å². The van der Waals surface area contributed by atoms with Gasteiger partial charge in [0.2, 0.25) is 11.8 Å². The molecule has 0 fully saturated rings. The fourth-order valence-corrected chi connectivity index (χ4v) is 5.51. The molecule has 3 aromatic rings. The summed E-state index contributed by atoms with van der Waals surface area (Å²) >= 11 is 0. The lowest BCUT2D eigenvalue weighted by molar-refractivity contribution is -0.140. The number of anilines is 1. The molecule has 0 radical (unpaired) electrons. The highest BCUT2D eigenvalue weighted by Crippen LogP contribution is 2.24. The molecule has 1 unspecified atom stereocenters. The van der Waals surface area contributed by atoms with Crippen LogP contribution in [0.2, 0.25) is 0 Å². The molecular formula is C30H37N3O4S. The number of aryl methyl sites for hydroxylation is 1. The van der Waals surface area contributed by atoms with Gasteiger partial charge in [-0.05, 0) is 49.1 Å². The maximum Gasteiger partial charge on any atom is 0.264 e. The highest BCUT2D eigenvalue weighted by molar-refractivity contribution is 7.92. The summed E-state index contributed by atoms with van der Waals surface area (Å²) in [5.41, 5.74) is 2.31. The molecule has 8 heteroatoms. The van der Waals surface area contributed by atoms with Crippen LogP contribution in [-0.4, -0.2) is 44.3 Å². The van der Waals surface area contributed by atoms with Crippen molar-refractivity contribution in [1.82, 2.24) is 10.2 Å². The lowest BCUT2D eigenvalue weighted by Crippen LogP contribution is -2.52. The van der Waals surface area contributed by atoms with E-state index in [0.29, 0.717) is 18.7 Å². The summed E-state index contributed by atoms with van der Waals surface area (Å²) in [6.07, 6.45) is 0.387. The summed E-state index contributed by atoms with van der Waals surface area (Å²) in [5.74, 6) is -0.457. The van der Waals surface area contributed by atoms with Crippen LogP contribution in [0.1, 0.15) is 38.3 Å². The number of sulfonamides is 1. The Morgan fingerprint density at radius 3 is 2.00 bits per heavy atom. The van der Waals surface area contributed by atoms with E-state index in [-0.39, 0.29) is 23.3 Å². The Bertz CT molecular complexity index is 1290. The molecule has 0 bridgehead atoms. The van der Waals surface area contributed by atoms with Crippen molar-refractivity contribution in [3.05, 3.63) is 96.1 Å². The van der Waals surface area contributed by atoms with Crippen molar-refractivity contribution in [3.8, 4) is 0 Å². The Hall–Kier alpha value is -3.65. The number of carbonyl (C=O) groups is 2. The molecule has 2 amide bonds. The Morgan fingerprint density at radius 2 is 1.45 bits per heavy atom. The summed E-state index contributed by atoms with van der Waals surface area (Å²) in [7, 11) is -4.05. The van der Waals surface area contributed by atoms with Crippen LogP contribution < -0.4 is 9.62 Å². The predicted molar refractivity (Wildman–Crippen MR) is 151 cm³/mol. The van der Waals surface area contributed by atoms with Gasteiger partial charge in [0.05, 0.1) is 10.6 Å². The quantitative estimate of drug-likeness (QED) is 0.362. The highest BCUT2D eigenvalue weighted by Gasteiger charge is 2.33. The average molecular weight is 536 g/mol. The van der Waals surface area contributed by atoms with Crippen LogP contribution in [0.15, 0.2) is 89.8 Å². The Morgan fingerprint density at radius 1 is 0.868 bits per heavy atom. The number of rotatable bonds is 12. The summed E-state index contributed by atoms with van der Waals surface area (Å²) in [6.45, 7) is 8.06. The topological polar surface area (TPSA) is 86.8 Å². The molecule has 202 valence electrons. The van der Waals surface area contributed by atoms with E-state index in [9.17, 15) is 18.0 Å². The van der Waals surface area contributed by atoms with Crippen LogP contribution in [0.3, 0.4) is 0 Å². The fourth-order valence-electron chi connectivity index (χ4n) is 4.07. The van der Waals surface area contributed by atoms with Crippen LogP contribution in [0.5, 0.6) is 0 Å². The zero-order chi connectivity index (χ0) is 27.7. The normalized spacial score (nSPS) is 12.1. The summed E-state index contributed by atoms with van der Waals surface area (Å²) in [5, 5.41) is 2.94. The van der Waals surface area contributed by atoms with Gasteiger partial charge < -0.3 is 10.2 Å². The second-order valence-corrected chi connectivity index (χ2v) is 11.6. The Labute approximate surface area is 226 Å². The zero-order valence-electron chi connectivity index (χ0n) is 22.5. The number of para-hydroxylation sites is 1. The molecule has 1 N–H and O–H groups in total. The van der Waals surface area contributed by atoms with E-state index < -0.39 is 28.5 Å². The number of nitrogens with zero attached hydrogens (tertiary/aromatic N) is 2. The molecule has 0 spiro atoms. The van der Waals surface area contributed by atoms with E-state index in [1.165, 1.54) is 17.0 Å². The molecule has 0 saturated heterocycles. The minimum absolute atomic E-state index is 0.0865. The van der Waals surface area contributed by atoms with Gasteiger partial charge in [-0.3, -0.25) is 13.9 Å². The maximum atomic E-state index is 14.0. The van der Waals surface area contributed by atoms with Crippen molar-refractivity contribution in [1.29, 1.82) is 0 Å². The second-order valence-electron chi connectivity index (χ2n) is 9.73. The molecule has 38 heavy (non-hydrogen) atoms. The minimum atomic E-state index is -4.05. The molecule has 0 heterocycles. The molecule has 0 aliphatic rings. The Kier molecular flexibility index (Phi) is 10.1. The van der Waals surface area contributed by atoms with Gasteiger partial charge >= 0.3 is 0 Å². The molecule has 0 saturated carbocycles. The predicted octanol–water partition coefficient (Wildman–Crippen LogP) is 4.77. The van der Waals surface area contributed by atoms with Crippen LogP contribution in [0.25, 0.3) is 0 Å². The van der Waals surface area contributed by atoms with Crippen molar-refractivity contribution >= 4 is 27.5 Å². The van der Waals surface area contributed by atoms with E-state index in [2.05, 4.69) is 5.32 Å². The van der Waals surface area contributed by atoms with E-state index in [1.807, 2.05) is 52.0 Å². The lowest BCUT2D eigenvalue weighted by Gasteiger charge is -2.33. The average Bonchev–Trinajstić information content (AvgIpc) is 2.92. The van der Waals surface area contributed by atoms with Crippen LogP contribution in [-0.2, 0) is 26.2 Å². The van der Waals surface area contributed by atoms with Gasteiger partial charge in [-0.1, -0.05) is 87.0 Å². The fraction of sp³-hybridized carbons (Fsp3) is 0.333. The third-order valence-corrected chi connectivity index (χ3v) is 7.99. The number of hydrogen-bond donors (Lipinski definition) is 1. The first kappa shape index (κ1) is 28.9. The largest absolute Gasteiger partial charge is 0.354 e. The molecule has 7 nitrogen and oxygen atoms in total. The SMILES string of the molecule is CCC(C(=O)NCC(C)C)N(Cc1ccc(C)cc1)C(=O)CN(c1ccccc1)S(=O)(=O)c1ccccc1. The van der Waals surface area contributed by atoms with Crippen molar-refractivity contribution in [2.75, 3.05) is 17.4 Å². The first-order valence-corrected chi connectivity index (χ1v) is 14.3. The molecule has 3 aromatic carbocycles. The number of hydrogen-bond acceptors (Lipinski definition) is 4. The summed E-state index contributed by atoms with van der Waals surface area (Å²) in [6, 6.07) is 23.6. The molecule has 3 rings (SSSR count). The number of benzene rings is 3. The number of amides is 2. The molecule has 1 atom stereocenters. The van der Waals surface area contributed by atoms with Gasteiger partial charge in [0, 0.05) is 13.1 Å². The molecule has 0 aliphatic carbocycles. The van der Waals surface area contributed by atoms with Gasteiger partial charge in [0.1, 0.15) is 12.6 Å². The van der Waals surface area contributed by atoms with Crippen LogP contribution in [0, 0.1) is 12.8 Å². The third-order valence-electron chi connectivity index (χ3n) is 6.20. The van der Waals surface area contributed by atoms with Crippen molar-refractivity contribution < 1.29 is 18.0 Å². The minimum Gasteiger partial charge on any atom is -0.354 e. The van der Waals surface area contributed by atoms with Crippen LogP contribution >= 0.6 is 0 Å². The maximum absolute atomic E-state index is 14.0. The van der Waals surface area contributed by atoms with Gasteiger partial charge in [-0.15, -0.1) is 0 Å². The van der Waals surface area contributed by atoms with Gasteiger partial charge in [-0.2, -0.15) is 0 Å². The van der Waals surface area contributed by atoms with Crippen molar-refractivity contribution in [2.45, 2.75) is 51.6 Å². The van der Waals surface area contributed by atoms with E-state index in [1.54, 1.807) is 48.5 Å². The lowest BCUT2D eigenvalue weighted by atomic mass is 10.1. The first-order chi connectivity index (χ1) is 18.1. The smallest absolute Gasteiger partial charge is 0.264 e. The van der Waals surface area contributed by atoms with E-state index in [0.717, 1.165) is 15.4 Å². The van der Waals surface area contributed by atoms with Crippen LogP contribution in [0.4, 0.5) is 5.69 Å². The molecule has 0 aliphatic heterocycles. The Balaban J connectivity index is 2.00. The number of nitrogens with one attached hydrogen (secondary N) is 1. The van der Waals surface area contributed by atoms with E-state index in [4.69, 9.17) is 0 Å². The number of carbonyl (C=O) groups excluding carboxylic acids is 2. The monoisotopic (exact) mass is 535 g/mol. The molecule has 0 aromatic heterocycles. The van der Waals surface area contributed by atoms with Crippen molar-refractivity contribution in [3.63, 3.8) is 0 Å². The molecular weight excluding hydrogens is 498 g/mol. The third kappa shape index (κ3) is 7.44. The zero-order valence-corrected chi connectivity index (χ0v) is 23.3. The standard InChI is InChI=1S/C30H37N3O4S/c1-5-28(30(35)31-20-23(2)3)32(21-25-18-16-24(4)17-19-25)29(34)22-33(26-12-8-6-9-13-26)38(36,37)27-14-10-7-11-15-27/h6-19,23,28H,5,20-22H2,1-4H3,(H,31,35). The summed E-state index contributed by atoms with van der Waals surface area (Å²) < 4.78 is 28.5. The first-order valence-electron chi connectivity index (χ1n) is 12.9. The van der Waals surface area contributed by atoms with Gasteiger partial charge in [0.25, 0.3) is 10.0 Å². The van der Waals surface area contributed by atoms with Gasteiger partial charge in [0.15, 0.2) is 0 Å². The van der Waals surface area contributed by atoms with E-state index >= 15 is 0 Å². The highest BCUT2D eigenvalue weighted by atomic mass is 32.2. The summed E-state index contributed by atoms with van der Waals surface area (Å²) in [4.78, 5) is 28.7.